The topological polar surface area (TPSA) is 53.0 Å². The highest BCUT2D eigenvalue weighted by Gasteiger charge is 2.35. The number of carbonyl (C=O) groups excluding carboxylic acids is 2. The minimum atomic E-state index is -0.274. The van der Waals surface area contributed by atoms with E-state index in [1.54, 1.807) is 0 Å². The van der Waals surface area contributed by atoms with E-state index in [1.807, 2.05) is 60.7 Å². The van der Waals surface area contributed by atoms with Gasteiger partial charge in [-0.05, 0) is 17.7 Å². The summed E-state index contributed by atoms with van der Waals surface area (Å²) in [7, 11) is 0. The predicted molar refractivity (Wildman–Crippen MR) is 96.3 cm³/mol. The van der Waals surface area contributed by atoms with E-state index in [0.717, 1.165) is 11.3 Å². The standard InChI is InChI=1S/C18H17N3O2S/c1-13(22)20(16-11-7-4-8-12-16)18-19-21(14(2)23)17(24-18)15-9-5-3-6-10-15/h3-12,17H,1-2H3. The molecule has 0 fully saturated rings. The zero-order valence-electron chi connectivity index (χ0n) is 13.4. The highest BCUT2D eigenvalue weighted by molar-refractivity contribution is 8.14. The molecule has 24 heavy (non-hydrogen) atoms. The number of para-hydroxylation sites is 1. The molecule has 0 aliphatic carbocycles. The van der Waals surface area contributed by atoms with Gasteiger partial charge < -0.3 is 0 Å². The van der Waals surface area contributed by atoms with Gasteiger partial charge >= 0.3 is 0 Å². The summed E-state index contributed by atoms with van der Waals surface area (Å²) in [4.78, 5) is 25.7. The molecule has 0 saturated carbocycles. The monoisotopic (exact) mass is 339 g/mol. The molecule has 5 nitrogen and oxygen atoms in total. The number of hydrogen-bond acceptors (Lipinski definition) is 4. The molecule has 2 aromatic rings. The lowest BCUT2D eigenvalue weighted by Gasteiger charge is -2.20. The molecule has 1 aliphatic heterocycles. The molecule has 0 spiro atoms. The van der Waals surface area contributed by atoms with Crippen LogP contribution in [0.3, 0.4) is 0 Å². The third kappa shape index (κ3) is 3.19. The van der Waals surface area contributed by atoms with Crippen LogP contribution in [0.2, 0.25) is 0 Å². The van der Waals surface area contributed by atoms with Gasteiger partial charge in [0.15, 0.2) is 5.17 Å². The Hall–Kier alpha value is -2.60. The highest BCUT2D eigenvalue weighted by Crippen LogP contribution is 2.41. The van der Waals surface area contributed by atoms with E-state index in [4.69, 9.17) is 0 Å². The van der Waals surface area contributed by atoms with Crippen molar-refractivity contribution in [3.05, 3.63) is 66.2 Å². The zero-order valence-corrected chi connectivity index (χ0v) is 14.2. The fourth-order valence-corrected chi connectivity index (χ4v) is 3.74. The molecule has 1 unspecified atom stereocenters. The molecule has 3 rings (SSSR count). The summed E-state index contributed by atoms with van der Waals surface area (Å²) in [6.45, 7) is 2.97. The highest BCUT2D eigenvalue weighted by atomic mass is 32.2. The number of nitrogens with zero attached hydrogens (tertiary/aromatic N) is 3. The zero-order chi connectivity index (χ0) is 17.1. The molecule has 0 saturated heterocycles. The lowest BCUT2D eigenvalue weighted by atomic mass is 10.2. The third-order valence-corrected chi connectivity index (χ3v) is 4.73. The van der Waals surface area contributed by atoms with Crippen molar-refractivity contribution in [2.45, 2.75) is 19.2 Å². The maximum Gasteiger partial charge on any atom is 0.241 e. The fourth-order valence-electron chi connectivity index (χ4n) is 2.48. The first-order valence-electron chi connectivity index (χ1n) is 7.53. The van der Waals surface area contributed by atoms with Crippen molar-refractivity contribution in [3.8, 4) is 0 Å². The number of hydrazone groups is 1. The quantitative estimate of drug-likeness (QED) is 0.840. The summed E-state index contributed by atoms with van der Waals surface area (Å²) < 4.78 is 0. The lowest BCUT2D eigenvalue weighted by Crippen LogP contribution is -2.32. The van der Waals surface area contributed by atoms with Crippen molar-refractivity contribution in [2.24, 2.45) is 5.10 Å². The molecular formula is C18H17N3O2S. The molecule has 6 heteroatoms. The number of thioether (sulfide) groups is 1. The second-order valence-corrected chi connectivity index (χ2v) is 6.36. The van der Waals surface area contributed by atoms with Crippen LogP contribution in [0.15, 0.2) is 65.8 Å². The first-order chi connectivity index (χ1) is 11.6. The molecule has 1 heterocycles. The SMILES string of the molecule is CC(=O)N(C1=NN(C(C)=O)C(c2ccccc2)S1)c1ccccc1. The largest absolute Gasteiger partial charge is 0.274 e. The maximum absolute atomic E-state index is 12.2. The molecule has 0 aromatic heterocycles. The molecule has 1 aliphatic rings. The number of carbonyl (C=O) groups is 2. The summed E-state index contributed by atoms with van der Waals surface area (Å²) in [6.07, 6.45) is 0. The van der Waals surface area contributed by atoms with E-state index in [0.29, 0.717) is 5.17 Å². The van der Waals surface area contributed by atoms with Crippen molar-refractivity contribution in [3.63, 3.8) is 0 Å². The van der Waals surface area contributed by atoms with Gasteiger partial charge in [-0.3, -0.25) is 14.5 Å². The van der Waals surface area contributed by atoms with Crippen molar-refractivity contribution in [2.75, 3.05) is 4.90 Å². The Bertz CT molecular complexity index is 777. The van der Waals surface area contributed by atoms with Crippen LogP contribution >= 0.6 is 11.8 Å². The lowest BCUT2D eigenvalue weighted by molar-refractivity contribution is -0.129. The molecule has 2 amide bonds. The van der Waals surface area contributed by atoms with Crippen molar-refractivity contribution in [1.29, 1.82) is 0 Å². The average Bonchev–Trinajstić information content (AvgIpc) is 3.01. The van der Waals surface area contributed by atoms with Gasteiger partial charge in [-0.1, -0.05) is 60.3 Å². The van der Waals surface area contributed by atoms with E-state index in [9.17, 15) is 9.59 Å². The van der Waals surface area contributed by atoms with Gasteiger partial charge in [0.25, 0.3) is 0 Å². The third-order valence-electron chi connectivity index (χ3n) is 3.56. The molecule has 2 aromatic carbocycles. The Kier molecular flexibility index (Phi) is 4.66. The van der Waals surface area contributed by atoms with E-state index in [1.165, 1.54) is 35.5 Å². The van der Waals surface area contributed by atoms with Crippen LogP contribution < -0.4 is 4.90 Å². The van der Waals surface area contributed by atoms with Crippen molar-refractivity contribution >= 4 is 34.4 Å². The fraction of sp³-hybridized carbons (Fsp3) is 0.167. The normalized spacial score (nSPS) is 16.7. The predicted octanol–water partition coefficient (Wildman–Crippen LogP) is 3.60. The summed E-state index contributed by atoms with van der Waals surface area (Å²) in [5.74, 6) is -0.312. The van der Waals surface area contributed by atoms with Crippen LogP contribution in [0.5, 0.6) is 0 Å². The summed E-state index contributed by atoms with van der Waals surface area (Å²) in [5, 5.41) is 6.06. The first-order valence-corrected chi connectivity index (χ1v) is 8.41. The Morgan fingerprint density at radius 2 is 1.58 bits per heavy atom. The Balaban J connectivity index is 1.97. The van der Waals surface area contributed by atoms with Gasteiger partial charge in [0.2, 0.25) is 11.8 Å². The Morgan fingerprint density at radius 1 is 1.00 bits per heavy atom. The molecule has 0 radical (unpaired) electrons. The maximum atomic E-state index is 12.2. The molecule has 122 valence electrons. The average molecular weight is 339 g/mol. The smallest absolute Gasteiger partial charge is 0.241 e. The molecule has 0 N–H and O–H groups in total. The Morgan fingerprint density at radius 3 is 2.12 bits per heavy atom. The molecule has 0 bridgehead atoms. The van der Waals surface area contributed by atoms with Crippen LogP contribution in [-0.4, -0.2) is 22.0 Å². The van der Waals surface area contributed by atoms with Gasteiger partial charge in [0.05, 0.1) is 5.69 Å². The van der Waals surface area contributed by atoms with E-state index >= 15 is 0 Å². The second kappa shape index (κ2) is 6.88. The van der Waals surface area contributed by atoms with Crippen molar-refractivity contribution in [1.82, 2.24) is 5.01 Å². The van der Waals surface area contributed by atoms with Gasteiger partial charge in [0.1, 0.15) is 5.37 Å². The van der Waals surface area contributed by atoms with Gasteiger partial charge in [-0.2, -0.15) is 0 Å². The van der Waals surface area contributed by atoms with E-state index in [-0.39, 0.29) is 17.2 Å². The van der Waals surface area contributed by atoms with E-state index in [2.05, 4.69) is 5.10 Å². The van der Waals surface area contributed by atoms with Crippen LogP contribution in [0.25, 0.3) is 0 Å². The Labute approximate surface area is 145 Å². The second-order valence-electron chi connectivity index (χ2n) is 5.32. The van der Waals surface area contributed by atoms with Crippen LogP contribution in [0, 0.1) is 0 Å². The number of anilines is 1. The minimum Gasteiger partial charge on any atom is -0.274 e. The van der Waals surface area contributed by atoms with Crippen LogP contribution in [-0.2, 0) is 9.59 Å². The number of benzene rings is 2. The van der Waals surface area contributed by atoms with Crippen LogP contribution in [0.4, 0.5) is 5.69 Å². The summed E-state index contributed by atoms with van der Waals surface area (Å²) >= 11 is 1.39. The molecular weight excluding hydrogens is 322 g/mol. The minimum absolute atomic E-state index is 0.148. The molecule has 1 atom stereocenters. The summed E-state index contributed by atoms with van der Waals surface area (Å²) in [5.41, 5.74) is 1.70. The van der Waals surface area contributed by atoms with E-state index < -0.39 is 0 Å². The number of rotatable bonds is 2. The van der Waals surface area contributed by atoms with Gasteiger partial charge in [0, 0.05) is 13.8 Å². The first kappa shape index (κ1) is 16.3. The van der Waals surface area contributed by atoms with Crippen molar-refractivity contribution < 1.29 is 9.59 Å². The number of hydrogen-bond donors (Lipinski definition) is 0. The van der Waals surface area contributed by atoms with Crippen LogP contribution in [0.1, 0.15) is 24.8 Å². The van der Waals surface area contributed by atoms with Gasteiger partial charge in [-0.15, -0.1) is 5.10 Å². The number of amides is 2. The number of amidine groups is 1. The summed E-state index contributed by atoms with van der Waals surface area (Å²) in [6, 6.07) is 19.0. The van der Waals surface area contributed by atoms with Gasteiger partial charge in [-0.25, -0.2) is 5.01 Å².